The second kappa shape index (κ2) is 6.80. The van der Waals surface area contributed by atoms with Crippen LogP contribution in [0.2, 0.25) is 0 Å². The lowest BCUT2D eigenvalue weighted by Gasteiger charge is -2.33. The van der Waals surface area contributed by atoms with Gasteiger partial charge in [-0.3, -0.25) is 4.79 Å². The maximum absolute atomic E-state index is 12.9. The van der Waals surface area contributed by atoms with Gasteiger partial charge in [0.15, 0.2) is 0 Å². The standard InChI is InChI=1S/C18H17N5O2/c24-18(13-7-2-1-3-8-13)23-12-5-4-10-15(23)17-20-16(22-25-17)14-9-6-11-19-21-14/h1-3,6-9,11,15H,4-5,10,12H2/t15-/m1/s1. The summed E-state index contributed by atoms with van der Waals surface area (Å²) >= 11 is 0. The molecular weight excluding hydrogens is 318 g/mol. The molecule has 1 aliphatic rings. The summed E-state index contributed by atoms with van der Waals surface area (Å²) in [6.45, 7) is 0.682. The van der Waals surface area contributed by atoms with Gasteiger partial charge in [-0.1, -0.05) is 23.4 Å². The maximum atomic E-state index is 12.9. The topological polar surface area (TPSA) is 85.0 Å². The van der Waals surface area contributed by atoms with Crippen molar-refractivity contribution in [2.75, 3.05) is 6.54 Å². The molecule has 0 aliphatic carbocycles. The Balaban J connectivity index is 1.62. The van der Waals surface area contributed by atoms with Crippen molar-refractivity contribution in [1.29, 1.82) is 0 Å². The Bertz CT molecular complexity index is 850. The van der Waals surface area contributed by atoms with Gasteiger partial charge in [-0.25, -0.2) is 0 Å². The molecular formula is C18H17N5O2. The molecule has 0 unspecified atom stereocenters. The Kier molecular flexibility index (Phi) is 4.20. The molecule has 25 heavy (non-hydrogen) atoms. The molecule has 1 amide bonds. The number of rotatable bonds is 3. The minimum Gasteiger partial charge on any atom is -0.337 e. The van der Waals surface area contributed by atoms with Crippen molar-refractivity contribution in [2.24, 2.45) is 0 Å². The van der Waals surface area contributed by atoms with Crippen molar-refractivity contribution in [2.45, 2.75) is 25.3 Å². The number of hydrogen-bond donors (Lipinski definition) is 0. The first-order valence-corrected chi connectivity index (χ1v) is 8.30. The minimum atomic E-state index is -0.209. The average Bonchev–Trinajstić information content (AvgIpc) is 3.19. The van der Waals surface area contributed by atoms with Crippen LogP contribution in [-0.2, 0) is 0 Å². The number of carbonyl (C=O) groups is 1. The van der Waals surface area contributed by atoms with E-state index in [0.717, 1.165) is 19.3 Å². The van der Waals surface area contributed by atoms with Crippen LogP contribution in [0.4, 0.5) is 0 Å². The minimum absolute atomic E-state index is 0.00967. The van der Waals surface area contributed by atoms with E-state index in [9.17, 15) is 4.79 Å². The molecule has 7 heteroatoms. The van der Waals surface area contributed by atoms with Crippen molar-refractivity contribution < 1.29 is 9.32 Å². The summed E-state index contributed by atoms with van der Waals surface area (Å²) in [4.78, 5) is 19.2. The van der Waals surface area contributed by atoms with E-state index >= 15 is 0 Å². The molecule has 0 spiro atoms. The van der Waals surface area contributed by atoms with Crippen LogP contribution in [0.25, 0.3) is 11.5 Å². The van der Waals surface area contributed by atoms with E-state index in [0.29, 0.717) is 29.5 Å². The van der Waals surface area contributed by atoms with E-state index in [1.54, 1.807) is 18.3 Å². The van der Waals surface area contributed by atoms with E-state index in [1.807, 2.05) is 35.2 Å². The van der Waals surface area contributed by atoms with Gasteiger partial charge in [0.05, 0.1) is 0 Å². The monoisotopic (exact) mass is 335 g/mol. The van der Waals surface area contributed by atoms with Crippen LogP contribution in [0, 0.1) is 0 Å². The van der Waals surface area contributed by atoms with Gasteiger partial charge in [0.25, 0.3) is 5.91 Å². The van der Waals surface area contributed by atoms with E-state index in [2.05, 4.69) is 20.3 Å². The van der Waals surface area contributed by atoms with Crippen molar-refractivity contribution in [3.8, 4) is 11.5 Å². The second-order valence-corrected chi connectivity index (χ2v) is 5.94. The van der Waals surface area contributed by atoms with Gasteiger partial charge in [-0.2, -0.15) is 10.1 Å². The first-order chi connectivity index (χ1) is 12.3. The lowest BCUT2D eigenvalue weighted by Crippen LogP contribution is -2.38. The first kappa shape index (κ1) is 15.4. The van der Waals surface area contributed by atoms with Crippen molar-refractivity contribution in [1.82, 2.24) is 25.2 Å². The fourth-order valence-corrected chi connectivity index (χ4v) is 3.07. The largest absolute Gasteiger partial charge is 0.337 e. The van der Waals surface area contributed by atoms with E-state index in [-0.39, 0.29) is 11.9 Å². The van der Waals surface area contributed by atoms with Gasteiger partial charge < -0.3 is 9.42 Å². The fourth-order valence-electron chi connectivity index (χ4n) is 3.07. The number of likely N-dealkylation sites (tertiary alicyclic amines) is 1. The Morgan fingerprint density at radius 3 is 2.80 bits per heavy atom. The summed E-state index contributed by atoms with van der Waals surface area (Å²) in [6, 6.07) is 12.6. The van der Waals surface area contributed by atoms with Crippen LogP contribution >= 0.6 is 0 Å². The summed E-state index contributed by atoms with van der Waals surface area (Å²) in [5.41, 5.74) is 1.22. The summed E-state index contributed by atoms with van der Waals surface area (Å²) in [7, 11) is 0. The molecule has 2 aromatic heterocycles. The van der Waals surface area contributed by atoms with Gasteiger partial charge in [0, 0.05) is 18.3 Å². The zero-order valence-corrected chi connectivity index (χ0v) is 13.6. The summed E-state index contributed by atoms with van der Waals surface area (Å²) in [6.07, 6.45) is 4.39. The summed E-state index contributed by atoms with van der Waals surface area (Å²) in [5.74, 6) is 0.829. The van der Waals surface area contributed by atoms with E-state index in [1.165, 1.54) is 0 Å². The van der Waals surface area contributed by atoms with Crippen LogP contribution < -0.4 is 0 Å². The number of piperidine rings is 1. The molecule has 3 heterocycles. The molecule has 1 atom stereocenters. The van der Waals surface area contributed by atoms with E-state index < -0.39 is 0 Å². The molecule has 3 aromatic rings. The van der Waals surface area contributed by atoms with Crippen LogP contribution in [0.5, 0.6) is 0 Å². The number of amides is 1. The number of aromatic nitrogens is 4. The molecule has 1 fully saturated rings. The van der Waals surface area contributed by atoms with Gasteiger partial charge in [0.1, 0.15) is 11.7 Å². The van der Waals surface area contributed by atoms with Gasteiger partial charge in [-0.05, 0) is 43.5 Å². The van der Waals surface area contributed by atoms with Crippen molar-refractivity contribution in [3.63, 3.8) is 0 Å². The third kappa shape index (κ3) is 3.13. The zero-order valence-electron chi connectivity index (χ0n) is 13.6. The van der Waals surface area contributed by atoms with Crippen molar-refractivity contribution in [3.05, 3.63) is 60.1 Å². The molecule has 126 valence electrons. The SMILES string of the molecule is O=C(c1ccccc1)N1CCCC[C@@H]1c1nc(-c2cccnn2)no1. The third-order valence-corrected chi connectivity index (χ3v) is 4.31. The number of hydrogen-bond acceptors (Lipinski definition) is 6. The van der Waals surface area contributed by atoms with E-state index in [4.69, 9.17) is 4.52 Å². The third-order valence-electron chi connectivity index (χ3n) is 4.31. The van der Waals surface area contributed by atoms with Gasteiger partial charge in [-0.15, -0.1) is 5.10 Å². The van der Waals surface area contributed by atoms with Gasteiger partial charge in [0.2, 0.25) is 11.7 Å². The maximum Gasteiger partial charge on any atom is 0.254 e. The molecule has 0 radical (unpaired) electrons. The van der Waals surface area contributed by atoms with Crippen LogP contribution in [0.15, 0.2) is 53.2 Å². The highest BCUT2D eigenvalue weighted by Crippen LogP contribution is 2.32. The average molecular weight is 335 g/mol. The lowest BCUT2D eigenvalue weighted by molar-refractivity contribution is 0.0561. The Morgan fingerprint density at radius 1 is 1.12 bits per heavy atom. The predicted molar refractivity (Wildman–Crippen MR) is 89.4 cm³/mol. The zero-order chi connectivity index (χ0) is 17.1. The molecule has 7 nitrogen and oxygen atoms in total. The highest BCUT2D eigenvalue weighted by molar-refractivity contribution is 5.94. The molecule has 1 aliphatic heterocycles. The normalized spacial score (nSPS) is 17.4. The number of carbonyl (C=O) groups excluding carboxylic acids is 1. The summed E-state index contributed by atoms with van der Waals surface area (Å²) in [5, 5.41) is 11.8. The highest BCUT2D eigenvalue weighted by Gasteiger charge is 2.32. The van der Waals surface area contributed by atoms with Crippen LogP contribution in [0.3, 0.4) is 0 Å². The molecule has 0 N–H and O–H groups in total. The van der Waals surface area contributed by atoms with Crippen LogP contribution in [-0.4, -0.2) is 37.7 Å². The smallest absolute Gasteiger partial charge is 0.254 e. The quantitative estimate of drug-likeness (QED) is 0.731. The highest BCUT2D eigenvalue weighted by atomic mass is 16.5. The number of benzene rings is 1. The molecule has 4 rings (SSSR count). The molecule has 0 saturated carbocycles. The predicted octanol–water partition coefficient (Wildman–Crippen LogP) is 2.89. The molecule has 1 saturated heterocycles. The Hall–Kier alpha value is -3.09. The van der Waals surface area contributed by atoms with Crippen LogP contribution in [0.1, 0.15) is 41.6 Å². The Labute approximate surface area is 144 Å². The van der Waals surface area contributed by atoms with Crippen molar-refractivity contribution >= 4 is 5.91 Å². The molecule has 1 aromatic carbocycles. The fraction of sp³-hybridized carbons (Fsp3) is 0.278. The van der Waals surface area contributed by atoms with Gasteiger partial charge >= 0.3 is 0 Å². The Morgan fingerprint density at radius 2 is 2.00 bits per heavy atom. The first-order valence-electron chi connectivity index (χ1n) is 8.30. The second-order valence-electron chi connectivity index (χ2n) is 5.94. The number of nitrogens with zero attached hydrogens (tertiary/aromatic N) is 5. The molecule has 0 bridgehead atoms. The lowest BCUT2D eigenvalue weighted by atomic mass is 10.0. The summed E-state index contributed by atoms with van der Waals surface area (Å²) < 4.78 is 5.45.